The smallest absolute Gasteiger partial charge is 0.352 e. The minimum absolute atomic E-state index is 0.0661. The number of amides is 1. The van der Waals surface area contributed by atoms with E-state index >= 15 is 0 Å². The van der Waals surface area contributed by atoms with Gasteiger partial charge in [0.05, 0.1) is 5.56 Å². The number of halogens is 3. The molecule has 0 radical (unpaired) electrons. The molecular formula is C20H16F3N3O2. The van der Waals surface area contributed by atoms with E-state index in [2.05, 4.69) is 15.5 Å². The summed E-state index contributed by atoms with van der Waals surface area (Å²) in [5, 5.41) is 6.38. The van der Waals surface area contributed by atoms with Gasteiger partial charge in [-0.3, -0.25) is 4.79 Å². The van der Waals surface area contributed by atoms with Gasteiger partial charge in [0.15, 0.2) is 0 Å². The van der Waals surface area contributed by atoms with Crippen LogP contribution in [0.25, 0.3) is 17.5 Å². The van der Waals surface area contributed by atoms with Crippen molar-refractivity contribution in [3.8, 4) is 11.4 Å². The van der Waals surface area contributed by atoms with E-state index in [1.165, 1.54) is 18.2 Å². The first-order valence-electron chi connectivity index (χ1n) is 8.43. The highest BCUT2D eigenvalue weighted by Gasteiger charge is 2.30. The van der Waals surface area contributed by atoms with Crippen molar-refractivity contribution >= 4 is 12.0 Å². The Bertz CT molecular complexity index is 966. The predicted molar refractivity (Wildman–Crippen MR) is 96.9 cm³/mol. The molecule has 8 heteroatoms. The van der Waals surface area contributed by atoms with E-state index in [1.807, 2.05) is 30.3 Å². The van der Waals surface area contributed by atoms with Crippen LogP contribution in [0.3, 0.4) is 0 Å². The average molecular weight is 387 g/mol. The second-order valence-electron chi connectivity index (χ2n) is 5.88. The molecular weight excluding hydrogens is 371 g/mol. The highest BCUT2D eigenvalue weighted by Crippen LogP contribution is 2.31. The first-order chi connectivity index (χ1) is 13.4. The van der Waals surface area contributed by atoms with Crippen LogP contribution in [-0.2, 0) is 17.4 Å². The van der Waals surface area contributed by atoms with Crippen molar-refractivity contribution in [3.63, 3.8) is 0 Å². The van der Waals surface area contributed by atoms with Gasteiger partial charge in [-0.15, -0.1) is 0 Å². The van der Waals surface area contributed by atoms with Crippen LogP contribution in [-0.4, -0.2) is 22.6 Å². The van der Waals surface area contributed by atoms with Gasteiger partial charge in [-0.25, -0.2) is 0 Å². The summed E-state index contributed by atoms with van der Waals surface area (Å²) in [6.45, 7) is 0.252. The summed E-state index contributed by atoms with van der Waals surface area (Å²) in [5.41, 5.74) is 0.328. The molecule has 28 heavy (non-hydrogen) atoms. The summed E-state index contributed by atoms with van der Waals surface area (Å²) >= 11 is 0. The maximum atomic E-state index is 12.8. The lowest BCUT2D eigenvalue weighted by molar-refractivity contribution is -0.137. The molecule has 0 aliphatic heterocycles. The molecule has 0 saturated heterocycles. The normalized spacial score (nSPS) is 11.7. The summed E-state index contributed by atoms with van der Waals surface area (Å²) in [4.78, 5) is 15.9. The summed E-state index contributed by atoms with van der Waals surface area (Å²) < 4.78 is 43.4. The highest BCUT2D eigenvalue weighted by molar-refractivity contribution is 5.91. The number of aromatic nitrogens is 2. The Morgan fingerprint density at radius 3 is 2.64 bits per heavy atom. The summed E-state index contributed by atoms with van der Waals surface area (Å²) in [7, 11) is 0. The average Bonchev–Trinajstić information content (AvgIpc) is 3.16. The van der Waals surface area contributed by atoms with Gasteiger partial charge in [0.1, 0.15) is 0 Å². The van der Waals surface area contributed by atoms with E-state index in [4.69, 9.17) is 4.52 Å². The number of carbonyl (C=O) groups excluding carboxylic acids is 1. The number of benzene rings is 2. The van der Waals surface area contributed by atoms with Crippen molar-refractivity contribution < 1.29 is 22.5 Å². The molecule has 1 aromatic heterocycles. The third-order valence-electron chi connectivity index (χ3n) is 3.78. The van der Waals surface area contributed by atoms with Gasteiger partial charge in [0.25, 0.3) is 0 Å². The minimum Gasteiger partial charge on any atom is -0.352 e. The van der Waals surface area contributed by atoms with Crippen molar-refractivity contribution in [2.45, 2.75) is 12.6 Å². The SMILES string of the molecule is O=C(C=Cc1ccccc1)NCCc1nc(-c2cccc(C(F)(F)F)c2)no1. The van der Waals surface area contributed by atoms with E-state index in [9.17, 15) is 18.0 Å². The molecule has 3 rings (SSSR count). The van der Waals surface area contributed by atoms with Crippen LogP contribution in [0.2, 0.25) is 0 Å². The first kappa shape index (κ1) is 19.3. The Labute approximate surface area is 158 Å². The molecule has 0 bridgehead atoms. The van der Waals surface area contributed by atoms with Gasteiger partial charge in [0.2, 0.25) is 17.6 Å². The number of nitrogens with zero attached hydrogens (tertiary/aromatic N) is 2. The second-order valence-corrected chi connectivity index (χ2v) is 5.88. The molecule has 144 valence electrons. The third-order valence-corrected chi connectivity index (χ3v) is 3.78. The van der Waals surface area contributed by atoms with Crippen molar-refractivity contribution in [3.05, 3.63) is 77.7 Å². The molecule has 0 saturated carbocycles. The predicted octanol–water partition coefficient (Wildman–Crippen LogP) is 4.13. The molecule has 0 spiro atoms. The Balaban J connectivity index is 1.54. The lowest BCUT2D eigenvalue weighted by Gasteiger charge is -2.06. The van der Waals surface area contributed by atoms with E-state index < -0.39 is 11.7 Å². The fourth-order valence-corrected chi connectivity index (χ4v) is 2.40. The minimum atomic E-state index is -4.44. The van der Waals surface area contributed by atoms with Crippen LogP contribution in [0, 0.1) is 0 Å². The van der Waals surface area contributed by atoms with E-state index in [-0.39, 0.29) is 36.2 Å². The largest absolute Gasteiger partial charge is 0.416 e. The zero-order chi connectivity index (χ0) is 20.0. The maximum absolute atomic E-state index is 12.8. The molecule has 2 aromatic carbocycles. The highest BCUT2D eigenvalue weighted by atomic mass is 19.4. The van der Waals surface area contributed by atoms with Crippen molar-refractivity contribution in [1.29, 1.82) is 0 Å². The van der Waals surface area contributed by atoms with Gasteiger partial charge in [-0.1, -0.05) is 47.6 Å². The fourth-order valence-electron chi connectivity index (χ4n) is 2.40. The number of alkyl halides is 3. The zero-order valence-corrected chi connectivity index (χ0v) is 14.6. The molecule has 0 aliphatic rings. The van der Waals surface area contributed by atoms with Gasteiger partial charge in [0, 0.05) is 24.6 Å². The monoisotopic (exact) mass is 387 g/mol. The zero-order valence-electron chi connectivity index (χ0n) is 14.6. The summed E-state index contributed by atoms with van der Waals surface area (Å²) in [5.74, 6) is 0.0117. The van der Waals surface area contributed by atoms with Crippen LogP contribution in [0.4, 0.5) is 13.2 Å². The van der Waals surface area contributed by atoms with Crippen LogP contribution >= 0.6 is 0 Å². The number of hydrogen-bond acceptors (Lipinski definition) is 4. The first-order valence-corrected chi connectivity index (χ1v) is 8.43. The fraction of sp³-hybridized carbons (Fsp3) is 0.150. The number of hydrogen-bond donors (Lipinski definition) is 1. The van der Waals surface area contributed by atoms with Gasteiger partial charge in [-0.05, 0) is 23.8 Å². The lowest BCUT2D eigenvalue weighted by atomic mass is 10.1. The number of rotatable bonds is 6. The molecule has 1 N–H and O–H groups in total. The maximum Gasteiger partial charge on any atom is 0.416 e. The molecule has 0 aliphatic carbocycles. The Kier molecular flexibility index (Phi) is 5.88. The summed E-state index contributed by atoms with van der Waals surface area (Å²) in [6.07, 6.45) is -1.08. The van der Waals surface area contributed by atoms with Crippen molar-refractivity contribution in [2.75, 3.05) is 6.54 Å². The second kappa shape index (κ2) is 8.51. The number of nitrogens with one attached hydrogen (secondary N) is 1. The Morgan fingerprint density at radius 1 is 1.11 bits per heavy atom. The van der Waals surface area contributed by atoms with E-state index in [0.29, 0.717) is 0 Å². The summed E-state index contributed by atoms with van der Waals surface area (Å²) in [6, 6.07) is 14.1. The molecule has 0 atom stereocenters. The van der Waals surface area contributed by atoms with Crippen LogP contribution < -0.4 is 5.32 Å². The molecule has 5 nitrogen and oxygen atoms in total. The van der Waals surface area contributed by atoms with Gasteiger partial charge in [-0.2, -0.15) is 18.2 Å². The molecule has 3 aromatic rings. The van der Waals surface area contributed by atoms with Crippen molar-refractivity contribution in [1.82, 2.24) is 15.5 Å². The van der Waals surface area contributed by atoms with E-state index in [0.717, 1.165) is 17.7 Å². The standard InChI is InChI=1S/C20H16F3N3O2/c21-20(22,23)16-8-4-7-15(13-16)19-25-18(28-26-19)11-12-24-17(27)10-9-14-5-2-1-3-6-14/h1-10,13H,11-12H2,(H,24,27). The van der Waals surface area contributed by atoms with Crippen molar-refractivity contribution in [2.24, 2.45) is 0 Å². The Hall–Kier alpha value is -3.42. The van der Waals surface area contributed by atoms with Crippen LogP contribution in [0.15, 0.2) is 65.2 Å². The quantitative estimate of drug-likeness (QED) is 0.646. The van der Waals surface area contributed by atoms with Crippen LogP contribution in [0.5, 0.6) is 0 Å². The van der Waals surface area contributed by atoms with E-state index in [1.54, 1.807) is 6.08 Å². The molecule has 0 unspecified atom stereocenters. The molecule has 1 amide bonds. The topological polar surface area (TPSA) is 68.0 Å². The van der Waals surface area contributed by atoms with Gasteiger partial charge < -0.3 is 9.84 Å². The third kappa shape index (κ3) is 5.29. The van der Waals surface area contributed by atoms with Crippen LogP contribution in [0.1, 0.15) is 17.0 Å². The molecule has 1 heterocycles. The molecule has 0 fully saturated rings. The lowest BCUT2D eigenvalue weighted by Crippen LogP contribution is -2.23. The van der Waals surface area contributed by atoms with Gasteiger partial charge >= 0.3 is 6.18 Å². The Morgan fingerprint density at radius 2 is 1.89 bits per heavy atom. The number of carbonyl (C=O) groups is 1.